The fourth-order valence-electron chi connectivity index (χ4n) is 4.08. The monoisotopic (exact) mass is 643 g/mol. The molecule has 4 rings (SSSR count). The molecule has 0 atom stereocenters. The molecule has 2 aromatic carbocycles. The Hall–Kier alpha value is -3.75. The summed E-state index contributed by atoms with van der Waals surface area (Å²) in [5.74, 6) is 4.05. The smallest absolute Gasteiger partial charge is 0.230 e. The Morgan fingerprint density at radius 1 is 0.674 bits per heavy atom. The third-order valence-electron chi connectivity index (χ3n) is 6.15. The van der Waals surface area contributed by atoms with Crippen molar-refractivity contribution >= 4 is 51.3 Å². The van der Waals surface area contributed by atoms with Gasteiger partial charge in [-0.05, 0) is 46.9 Å². The lowest BCUT2D eigenvalue weighted by Crippen LogP contribution is -2.14. The number of amides is 1. The molecule has 11 nitrogen and oxygen atoms in total. The molecule has 0 radical (unpaired) electrons. The maximum atomic E-state index is 12.6. The van der Waals surface area contributed by atoms with Crippen LogP contribution in [0.25, 0.3) is 0 Å². The minimum Gasteiger partial charge on any atom is -0.493 e. The van der Waals surface area contributed by atoms with Crippen molar-refractivity contribution in [3.05, 3.63) is 62.5 Å². The van der Waals surface area contributed by atoms with Crippen LogP contribution in [-0.2, 0) is 41.7 Å². The van der Waals surface area contributed by atoms with Crippen molar-refractivity contribution in [3.8, 4) is 23.0 Å². The van der Waals surface area contributed by atoms with Crippen molar-refractivity contribution in [3.63, 3.8) is 0 Å². The van der Waals surface area contributed by atoms with Crippen LogP contribution in [0.4, 0.5) is 5.13 Å². The molecular formula is C29H33N5O6S3. The lowest BCUT2D eigenvalue weighted by atomic mass is 10.1. The zero-order valence-corrected chi connectivity index (χ0v) is 26.8. The van der Waals surface area contributed by atoms with Gasteiger partial charge < -0.3 is 24.3 Å². The average Bonchev–Trinajstić information content (AvgIpc) is 3.65. The molecule has 1 N–H and O–H groups in total. The Bertz CT molecular complexity index is 1410. The Balaban J connectivity index is 1.14. The van der Waals surface area contributed by atoms with Gasteiger partial charge in [0.1, 0.15) is 20.8 Å². The van der Waals surface area contributed by atoms with Crippen LogP contribution in [0, 0.1) is 0 Å². The molecule has 0 aliphatic rings. The number of aryl methyl sites for hydroxylation is 2. The van der Waals surface area contributed by atoms with E-state index in [0.29, 0.717) is 34.6 Å². The Morgan fingerprint density at radius 2 is 1.21 bits per heavy atom. The molecule has 2 aromatic heterocycles. The Labute approximate surface area is 262 Å². The van der Waals surface area contributed by atoms with Gasteiger partial charge in [0.15, 0.2) is 23.0 Å². The van der Waals surface area contributed by atoms with Gasteiger partial charge in [0.05, 0.1) is 41.3 Å². The highest BCUT2D eigenvalue weighted by Gasteiger charge is 2.14. The number of rotatable bonds is 17. The molecule has 0 unspecified atom stereocenters. The van der Waals surface area contributed by atoms with Crippen molar-refractivity contribution in [2.75, 3.05) is 45.3 Å². The fraction of sp³-hybridized carbons (Fsp3) is 0.379. The van der Waals surface area contributed by atoms with E-state index in [0.717, 1.165) is 50.5 Å². The summed E-state index contributed by atoms with van der Waals surface area (Å²) in [4.78, 5) is 25.1. The molecule has 0 aliphatic carbocycles. The second kappa shape index (κ2) is 16.2. The van der Waals surface area contributed by atoms with Crippen LogP contribution in [0.2, 0.25) is 0 Å². The van der Waals surface area contributed by atoms with Crippen molar-refractivity contribution in [2.45, 2.75) is 32.1 Å². The first-order valence-corrected chi connectivity index (χ1v) is 16.1. The first kappa shape index (κ1) is 32.2. The van der Waals surface area contributed by atoms with E-state index in [4.69, 9.17) is 18.9 Å². The number of ether oxygens (including phenoxy) is 4. The number of carbonyl (C=O) groups is 2. The van der Waals surface area contributed by atoms with Crippen molar-refractivity contribution < 1.29 is 28.5 Å². The molecule has 228 valence electrons. The molecule has 0 saturated heterocycles. The van der Waals surface area contributed by atoms with Crippen LogP contribution in [0.3, 0.4) is 0 Å². The van der Waals surface area contributed by atoms with Gasteiger partial charge in [-0.25, -0.2) is 0 Å². The third kappa shape index (κ3) is 9.63. The fourth-order valence-corrected chi connectivity index (χ4v) is 6.84. The molecule has 0 saturated carbocycles. The number of nitrogens with one attached hydrogen (secondary N) is 1. The van der Waals surface area contributed by atoms with Gasteiger partial charge in [-0.2, -0.15) is 11.8 Å². The molecule has 4 aromatic rings. The van der Waals surface area contributed by atoms with Gasteiger partial charge in [-0.1, -0.05) is 23.5 Å². The highest BCUT2D eigenvalue weighted by atomic mass is 32.2. The quantitative estimate of drug-likeness (QED) is 0.163. The highest BCUT2D eigenvalue weighted by Crippen LogP contribution is 2.29. The van der Waals surface area contributed by atoms with Crippen molar-refractivity contribution in [1.29, 1.82) is 0 Å². The molecule has 0 fully saturated rings. The molecule has 0 aliphatic heterocycles. The molecular weight excluding hydrogens is 611 g/mol. The van der Waals surface area contributed by atoms with E-state index < -0.39 is 0 Å². The van der Waals surface area contributed by atoms with E-state index in [1.807, 2.05) is 18.2 Å². The minimum atomic E-state index is -0.177. The number of hydrogen-bond acceptors (Lipinski definition) is 13. The summed E-state index contributed by atoms with van der Waals surface area (Å²) in [6, 6.07) is 10.9. The maximum Gasteiger partial charge on any atom is 0.230 e. The van der Waals surface area contributed by atoms with Crippen LogP contribution in [0.15, 0.2) is 36.4 Å². The van der Waals surface area contributed by atoms with E-state index in [1.54, 1.807) is 58.4 Å². The third-order valence-corrected chi connectivity index (χ3v) is 9.02. The molecule has 14 heteroatoms. The van der Waals surface area contributed by atoms with E-state index in [-0.39, 0.29) is 24.5 Å². The molecule has 1 amide bonds. The van der Waals surface area contributed by atoms with Crippen LogP contribution in [0.1, 0.15) is 26.1 Å². The lowest BCUT2D eigenvalue weighted by molar-refractivity contribution is -0.118. The number of ketones is 1. The number of benzene rings is 2. The molecule has 2 heterocycles. The second-order valence-electron chi connectivity index (χ2n) is 9.20. The summed E-state index contributed by atoms with van der Waals surface area (Å²) in [5.41, 5.74) is 1.67. The van der Waals surface area contributed by atoms with E-state index >= 15 is 0 Å². The number of nitrogens with zero attached hydrogens (tertiary/aromatic N) is 4. The Morgan fingerprint density at radius 3 is 1.81 bits per heavy atom. The summed E-state index contributed by atoms with van der Waals surface area (Å²) < 4.78 is 21.1. The standard InChI is InChI=1S/C29H33N5O6S3/c1-37-21-7-5-18(14-23(21)39-3)13-20(35)17-28-33-31-26(42-28)9-11-41-12-10-27-32-34-29(43-27)30-25(36)16-19-6-8-22(38-2)24(15-19)40-4/h5-8,14-15H,9-13,16-17H2,1-4H3,(H,30,34,36). The normalized spacial score (nSPS) is 10.8. The van der Waals surface area contributed by atoms with Crippen LogP contribution >= 0.6 is 34.4 Å². The predicted octanol–water partition coefficient (Wildman–Crippen LogP) is 4.48. The summed E-state index contributed by atoms with van der Waals surface area (Å²) in [7, 11) is 6.28. The predicted molar refractivity (Wildman–Crippen MR) is 168 cm³/mol. The van der Waals surface area contributed by atoms with E-state index in [1.165, 1.54) is 22.7 Å². The SMILES string of the molecule is COc1ccc(CC(=O)Cc2nnc(CCSCCc3nnc(NC(=O)Cc4ccc(OC)c(OC)c4)s3)s2)cc1OC. The lowest BCUT2D eigenvalue weighted by Gasteiger charge is -2.09. The van der Waals surface area contributed by atoms with Gasteiger partial charge in [-0.15, -0.1) is 31.7 Å². The summed E-state index contributed by atoms with van der Waals surface area (Å²) in [6.07, 6.45) is 2.26. The van der Waals surface area contributed by atoms with Crippen LogP contribution in [0.5, 0.6) is 23.0 Å². The summed E-state index contributed by atoms with van der Waals surface area (Å²) >= 11 is 4.64. The molecule has 0 bridgehead atoms. The van der Waals surface area contributed by atoms with Gasteiger partial charge in [-0.3, -0.25) is 9.59 Å². The topological polar surface area (TPSA) is 135 Å². The number of carbonyl (C=O) groups excluding carboxylic acids is 2. The van der Waals surface area contributed by atoms with Crippen molar-refractivity contribution in [2.24, 2.45) is 0 Å². The first-order valence-electron chi connectivity index (χ1n) is 13.4. The summed E-state index contributed by atoms with van der Waals surface area (Å²) in [5, 5.41) is 22.6. The van der Waals surface area contributed by atoms with Crippen molar-refractivity contribution in [1.82, 2.24) is 20.4 Å². The van der Waals surface area contributed by atoms with Crippen LogP contribution < -0.4 is 24.3 Å². The number of methoxy groups -OCH3 is 4. The van der Waals surface area contributed by atoms with Gasteiger partial charge in [0.25, 0.3) is 0 Å². The largest absolute Gasteiger partial charge is 0.493 e. The number of anilines is 1. The second-order valence-corrected chi connectivity index (χ2v) is 12.6. The zero-order valence-electron chi connectivity index (χ0n) is 24.4. The van der Waals surface area contributed by atoms with Gasteiger partial charge in [0, 0.05) is 19.3 Å². The van der Waals surface area contributed by atoms with Crippen LogP contribution in [-0.4, -0.2) is 72.0 Å². The summed E-state index contributed by atoms with van der Waals surface area (Å²) in [6.45, 7) is 0. The van der Waals surface area contributed by atoms with E-state index in [9.17, 15) is 9.59 Å². The van der Waals surface area contributed by atoms with Gasteiger partial charge >= 0.3 is 0 Å². The first-order chi connectivity index (χ1) is 20.9. The number of Topliss-reactive ketones (excluding diaryl/α,β-unsaturated/α-hetero) is 1. The molecule has 43 heavy (non-hydrogen) atoms. The maximum absolute atomic E-state index is 12.6. The minimum absolute atomic E-state index is 0.0675. The molecule has 0 spiro atoms. The Kier molecular flexibility index (Phi) is 12.1. The average molecular weight is 644 g/mol. The number of thioether (sulfide) groups is 1. The van der Waals surface area contributed by atoms with Gasteiger partial charge in [0.2, 0.25) is 11.0 Å². The number of aromatic nitrogens is 4. The highest BCUT2D eigenvalue weighted by molar-refractivity contribution is 7.99. The number of hydrogen-bond donors (Lipinski definition) is 1. The van der Waals surface area contributed by atoms with E-state index in [2.05, 4.69) is 25.7 Å². The zero-order chi connectivity index (χ0) is 30.6.